The molecule has 0 aliphatic carbocycles. The van der Waals surface area contributed by atoms with Gasteiger partial charge in [-0.25, -0.2) is 0 Å². The monoisotopic (exact) mass is 330 g/mol. The normalized spacial score (nSPS) is 25.2. The Kier molecular flexibility index (Phi) is 5.27. The molecule has 2 heteroatoms. The van der Waals surface area contributed by atoms with Gasteiger partial charge < -0.3 is 4.43 Å². The van der Waals surface area contributed by atoms with E-state index >= 15 is 0 Å². The molecule has 23 heavy (non-hydrogen) atoms. The highest BCUT2D eigenvalue weighted by Gasteiger charge is 2.63. The highest BCUT2D eigenvalue weighted by molar-refractivity contribution is 6.81. The Labute approximate surface area is 144 Å². The van der Waals surface area contributed by atoms with Crippen LogP contribution >= 0.6 is 0 Å². The minimum Gasteiger partial charge on any atom is -0.409 e. The molecule has 1 aliphatic rings. The topological polar surface area (TPSA) is 9.23 Å². The molecule has 1 heterocycles. The summed E-state index contributed by atoms with van der Waals surface area (Å²) in [6, 6.07) is 11.0. The summed E-state index contributed by atoms with van der Waals surface area (Å²) in [6.45, 7) is 16.5. The van der Waals surface area contributed by atoms with Crippen LogP contribution < -0.4 is 0 Å². The van der Waals surface area contributed by atoms with E-state index in [1.165, 1.54) is 12.0 Å². The van der Waals surface area contributed by atoms with Crippen LogP contribution in [0.15, 0.2) is 42.5 Å². The van der Waals surface area contributed by atoms with Crippen molar-refractivity contribution in [1.82, 2.24) is 0 Å². The van der Waals surface area contributed by atoms with E-state index in [9.17, 15) is 0 Å². The number of hydrogen-bond donors (Lipinski definition) is 0. The van der Waals surface area contributed by atoms with Crippen LogP contribution in [0, 0.1) is 0 Å². The highest BCUT2D eigenvalue weighted by Crippen LogP contribution is 2.62. The first kappa shape index (κ1) is 18.5. The van der Waals surface area contributed by atoms with Crippen LogP contribution in [0.5, 0.6) is 0 Å². The lowest BCUT2D eigenvalue weighted by Gasteiger charge is -2.51. The summed E-state index contributed by atoms with van der Waals surface area (Å²) in [5.74, 6) is 0. The van der Waals surface area contributed by atoms with E-state index in [2.05, 4.69) is 91.0 Å². The zero-order chi connectivity index (χ0) is 17.3. The van der Waals surface area contributed by atoms with Gasteiger partial charge in [-0.15, -0.1) is 0 Å². The van der Waals surface area contributed by atoms with E-state index in [1.54, 1.807) is 0 Å². The van der Waals surface area contributed by atoms with Crippen molar-refractivity contribution in [3.63, 3.8) is 0 Å². The standard InChI is InChI=1S/C21H34OSi/c1-8-12-18-16-19(15-17-13-10-9-11-14-17)23(22-18,20(2,3)4)21(5,6)7/h8-14,18-19H,15-16H2,1-7H3/b12-8+/t18?,19-/m1/s1. The molecule has 0 spiro atoms. The molecule has 1 aromatic carbocycles. The van der Waals surface area contributed by atoms with Crippen LogP contribution in [-0.2, 0) is 10.8 Å². The summed E-state index contributed by atoms with van der Waals surface area (Å²) in [6.07, 6.45) is 7.03. The van der Waals surface area contributed by atoms with Crippen LogP contribution in [0.3, 0.4) is 0 Å². The number of hydrogen-bond acceptors (Lipinski definition) is 1. The van der Waals surface area contributed by atoms with E-state index in [1.807, 2.05) is 0 Å². The maximum absolute atomic E-state index is 6.96. The maximum atomic E-state index is 6.96. The van der Waals surface area contributed by atoms with Crippen molar-refractivity contribution in [3.8, 4) is 0 Å². The minimum absolute atomic E-state index is 0.223. The second-order valence-electron chi connectivity index (χ2n) is 9.04. The average Bonchev–Trinajstić information content (AvgIpc) is 2.79. The summed E-state index contributed by atoms with van der Waals surface area (Å²) in [7, 11) is -2.00. The van der Waals surface area contributed by atoms with Crippen molar-refractivity contribution >= 4 is 8.32 Å². The van der Waals surface area contributed by atoms with Gasteiger partial charge in [-0.3, -0.25) is 0 Å². The van der Waals surface area contributed by atoms with Gasteiger partial charge in [0, 0.05) is 0 Å². The van der Waals surface area contributed by atoms with Crippen LogP contribution in [0.25, 0.3) is 0 Å². The smallest absolute Gasteiger partial charge is 0.207 e. The van der Waals surface area contributed by atoms with E-state index in [0.717, 1.165) is 6.42 Å². The molecule has 1 nitrogen and oxygen atoms in total. The zero-order valence-electron chi connectivity index (χ0n) is 16.0. The first-order chi connectivity index (χ1) is 10.6. The Hall–Kier alpha value is -0.863. The fraction of sp³-hybridized carbons (Fsp3) is 0.619. The molecule has 1 aromatic rings. The number of rotatable bonds is 3. The molecule has 0 N–H and O–H groups in total. The Bertz CT molecular complexity index is 519. The Morgan fingerprint density at radius 3 is 2.09 bits per heavy atom. The quantitative estimate of drug-likeness (QED) is 0.453. The lowest BCUT2D eigenvalue weighted by atomic mass is 10.1. The SMILES string of the molecule is C/C=C/C1C[C@@H](Cc2ccccc2)[Si](C(C)(C)C)(C(C)(C)C)O1. The molecular formula is C21H34OSi. The summed E-state index contributed by atoms with van der Waals surface area (Å²) in [5.41, 5.74) is 2.11. The van der Waals surface area contributed by atoms with Crippen molar-refractivity contribution in [2.24, 2.45) is 0 Å². The van der Waals surface area contributed by atoms with Gasteiger partial charge in [-0.1, -0.05) is 84.0 Å². The molecule has 2 rings (SSSR count). The van der Waals surface area contributed by atoms with E-state index in [4.69, 9.17) is 4.43 Å². The molecule has 0 aromatic heterocycles. The van der Waals surface area contributed by atoms with Crippen LogP contribution in [-0.4, -0.2) is 14.4 Å². The Morgan fingerprint density at radius 2 is 1.61 bits per heavy atom. The highest BCUT2D eigenvalue weighted by atomic mass is 28.4. The first-order valence-electron chi connectivity index (χ1n) is 8.96. The number of benzene rings is 1. The summed E-state index contributed by atoms with van der Waals surface area (Å²) in [4.78, 5) is 0. The van der Waals surface area contributed by atoms with Gasteiger partial charge in [0.1, 0.15) is 0 Å². The molecule has 0 radical (unpaired) electrons. The zero-order valence-corrected chi connectivity index (χ0v) is 17.0. The van der Waals surface area contributed by atoms with Crippen molar-refractivity contribution < 1.29 is 4.43 Å². The first-order valence-corrected chi connectivity index (χ1v) is 10.9. The Morgan fingerprint density at radius 1 is 1.04 bits per heavy atom. The summed E-state index contributed by atoms with van der Waals surface area (Å²) in [5, 5.41) is 0.446. The predicted octanol–water partition coefficient (Wildman–Crippen LogP) is 6.51. The van der Waals surface area contributed by atoms with Gasteiger partial charge in [-0.2, -0.15) is 0 Å². The Balaban J connectivity index is 2.46. The molecule has 0 amide bonds. The lowest BCUT2D eigenvalue weighted by molar-refractivity contribution is 0.240. The molecule has 1 aliphatic heterocycles. The van der Waals surface area contributed by atoms with E-state index in [-0.39, 0.29) is 10.1 Å². The van der Waals surface area contributed by atoms with Gasteiger partial charge in [0.15, 0.2) is 0 Å². The molecule has 0 saturated carbocycles. The van der Waals surface area contributed by atoms with E-state index < -0.39 is 8.32 Å². The van der Waals surface area contributed by atoms with Crippen molar-refractivity contribution in [3.05, 3.63) is 48.0 Å². The largest absolute Gasteiger partial charge is 0.409 e. The maximum Gasteiger partial charge on any atom is 0.207 e. The third kappa shape index (κ3) is 3.48. The van der Waals surface area contributed by atoms with Gasteiger partial charge in [0.2, 0.25) is 8.32 Å². The second kappa shape index (κ2) is 6.56. The fourth-order valence-corrected chi connectivity index (χ4v) is 12.3. The van der Waals surface area contributed by atoms with E-state index in [0.29, 0.717) is 11.6 Å². The summed E-state index contributed by atoms with van der Waals surface area (Å²) < 4.78 is 6.96. The van der Waals surface area contributed by atoms with Crippen molar-refractivity contribution in [2.75, 3.05) is 0 Å². The van der Waals surface area contributed by atoms with Crippen LogP contribution in [0.2, 0.25) is 15.6 Å². The van der Waals surface area contributed by atoms with Gasteiger partial charge in [0.25, 0.3) is 0 Å². The summed E-state index contributed by atoms with van der Waals surface area (Å²) >= 11 is 0. The molecule has 1 saturated heterocycles. The molecular weight excluding hydrogens is 296 g/mol. The van der Waals surface area contributed by atoms with Gasteiger partial charge >= 0.3 is 0 Å². The van der Waals surface area contributed by atoms with Gasteiger partial charge in [-0.05, 0) is 40.9 Å². The molecule has 128 valence electrons. The minimum atomic E-state index is -2.00. The predicted molar refractivity (Wildman–Crippen MR) is 103 cm³/mol. The number of allylic oxidation sites excluding steroid dienone is 1. The third-order valence-electron chi connectivity index (χ3n) is 5.39. The third-order valence-corrected chi connectivity index (χ3v) is 12.1. The molecule has 2 atom stereocenters. The van der Waals surface area contributed by atoms with Crippen LogP contribution in [0.1, 0.15) is 60.5 Å². The second-order valence-corrected chi connectivity index (χ2v) is 14.6. The molecule has 0 bridgehead atoms. The van der Waals surface area contributed by atoms with Gasteiger partial charge in [0.05, 0.1) is 6.10 Å². The fourth-order valence-electron chi connectivity index (χ4n) is 4.99. The molecule has 1 fully saturated rings. The molecule has 1 unspecified atom stereocenters. The lowest BCUT2D eigenvalue weighted by Crippen LogP contribution is -2.55. The average molecular weight is 331 g/mol. The van der Waals surface area contributed by atoms with Crippen molar-refractivity contribution in [2.45, 2.75) is 83.0 Å². The van der Waals surface area contributed by atoms with Crippen molar-refractivity contribution in [1.29, 1.82) is 0 Å². The van der Waals surface area contributed by atoms with Crippen LogP contribution in [0.4, 0.5) is 0 Å².